The first-order valence-electron chi connectivity index (χ1n) is 8.67. The number of ketones is 1. The van der Waals surface area contributed by atoms with Gasteiger partial charge in [0.15, 0.2) is 0 Å². The Morgan fingerprint density at radius 2 is 1.93 bits per heavy atom. The molecule has 2 heterocycles. The minimum atomic E-state index is -0.790. The molecule has 0 bridgehead atoms. The Balaban J connectivity index is 2.03. The third-order valence-corrected chi connectivity index (χ3v) is 4.62. The predicted molar refractivity (Wildman–Crippen MR) is 103 cm³/mol. The second kappa shape index (κ2) is 8.97. The van der Waals surface area contributed by atoms with Crippen molar-refractivity contribution in [1.82, 2.24) is 9.88 Å². The molecule has 2 aromatic rings. The molecular formula is C20H19ClN2O5. The van der Waals surface area contributed by atoms with Gasteiger partial charge in [0, 0.05) is 29.5 Å². The Kier molecular flexibility index (Phi) is 6.41. The molecule has 0 spiro atoms. The molecule has 1 aromatic heterocycles. The average molecular weight is 403 g/mol. The second-order valence-electron chi connectivity index (χ2n) is 6.12. The summed E-state index contributed by atoms with van der Waals surface area (Å²) in [6, 6.07) is 8.98. The van der Waals surface area contributed by atoms with Gasteiger partial charge in [-0.15, -0.1) is 0 Å². The molecule has 1 aliphatic rings. The largest absolute Gasteiger partial charge is 0.507 e. The lowest BCUT2D eigenvalue weighted by Crippen LogP contribution is -2.33. The SMILES string of the molecule is O=C1C(=O)N(CCOCCO)C(c2cccnc2)C1=C(O)c1ccc(Cl)cc1. The Bertz CT molecular complexity index is 883. The van der Waals surface area contributed by atoms with Crippen LogP contribution in [0.25, 0.3) is 5.76 Å². The van der Waals surface area contributed by atoms with Crippen LogP contribution in [0.4, 0.5) is 0 Å². The van der Waals surface area contributed by atoms with Gasteiger partial charge in [0.1, 0.15) is 5.76 Å². The second-order valence-corrected chi connectivity index (χ2v) is 6.56. The van der Waals surface area contributed by atoms with E-state index < -0.39 is 17.7 Å². The van der Waals surface area contributed by atoms with Crippen molar-refractivity contribution in [2.75, 3.05) is 26.4 Å². The lowest BCUT2D eigenvalue weighted by molar-refractivity contribution is -0.140. The van der Waals surface area contributed by atoms with Crippen LogP contribution in [0.5, 0.6) is 0 Å². The summed E-state index contributed by atoms with van der Waals surface area (Å²) in [6.07, 6.45) is 3.13. The molecular weight excluding hydrogens is 384 g/mol. The third kappa shape index (κ3) is 4.06. The van der Waals surface area contributed by atoms with Gasteiger partial charge in [0.25, 0.3) is 11.7 Å². The zero-order chi connectivity index (χ0) is 20.1. The van der Waals surface area contributed by atoms with Gasteiger partial charge in [-0.05, 0) is 35.9 Å². The van der Waals surface area contributed by atoms with Gasteiger partial charge in [0.05, 0.1) is 31.4 Å². The summed E-state index contributed by atoms with van der Waals surface area (Å²) in [5.41, 5.74) is 0.967. The van der Waals surface area contributed by atoms with Gasteiger partial charge in [-0.3, -0.25) is 14.6 Å². The van der Waals surface area contributed by atoms with Crippen molar-refractivity contribution in [1.29, 1.82) is 0 Å². The van der Waals surface area contributed by atoms with Crippen LogP contribution in [0, 0.1) is 0 Å². The van der Waals surface area contributed by atoms with E-state index in [4.69, 9.17) is 21.4 Å². The van der Waals surface area contributed by atoms with Crippen LogP contribution in [-0.4, -0.2) is 58.2 Å². The van der Waals surface area contributed by atoms with Crippen LogP contribution in [0.2, 0.25) is 5.02 Å². The molecule has 8 heteroatoms. The minimum absolute atomic E-state index is 0.0116. The van der Waals surface area contributed by atoms with Crippen LogP contribution >= 0.6 is 11.6 Å². The van der Waals surface area contributed by atoms with E-state index >= 15 is 0 Å². The first kappa shape index (κ1) is 20.0. The molecule has 3 rings (SSSR count). The zero-order valence-corrected chi connectivity index (χ0v) is 15.7. The fourth-order valence-corrected chi connectivity index (χ4v) is 3.21. The molecule has 7 nitrogen and oxygen atoms in total. The van der Waals surface area contributed by atoms with Crippen molar-refractivity contribution in [3.8, 4) is 0 Å². The molecule has 1 aliphatic heterocycles. The number of hydrogen-bond donors (Lipinski definition) is 2. The van der Waals surface area contributed by atoms with E-state index in [9.17, 15) is 14.7 Å². The van der Waals surface area contributed by atoms with Crippen molar-refractivity contribution >= 4 is 29.1 Å². The number of aliphatic hydroxyl groups excluding tert-OH is 2. The van der Waals surface area contributed by atoms with E-state index in [0.29, 0.717) is 16.1 Å². The zero-order valence-electron chi connectivity index (χ0n) is 14.9. The summed E-state index contributed by atoms with van der Waals surface area (Å²) in [5, 5.41) is 20.1. The van der Waals surface area contributed by atoms with Gasteiger partial charge in [-0.2, -0.15) is 0 Å². The number of Topliss-reactive ketones (excluding diaryl/α,β-unsaturated/α-hetero) is 1. The summed E-state index contributed by atoms with van der Waals surface area (Å²) in [7, 11) is 0. The topological polar surface area (TPSA) is 100.0 Å². The smallest absolute Gasteiger partial charge is 0.295 e. The van der Waals surface area contributed by atoms with E-state index in [-0.39, 0.29) is 37.7 Å². The van der Waals surface area contributed by atoms with Gasteiger partial charge in [-0.25, -0.2) is 0 Å². The monoisotopic (exact) mass is 402 g/mol. The number of pyridine rings is 1. The highest BCUT2D eigenvalue weighted by Gasteiger charge is 2.45. The highest BCUT2D eigenvalue weighted by atomic mass is 35.5. The molecule has 0 radical (unpaired) electrons. The van der Waals surface area contributed by atoms with Gasteiger partial charge in [-0.1, -0.05) is 17.7 Å². The summed E-state index contributed by atoms with van der Waals surface area (Å²) >= 11 is 5.89. The minimum Gasteiger partial charge on any atom is -0.507 e. The molecule has 2 N–H and O–H groups in total. The standard InChI is InChI=1S/C20H19ClN2O5/c21-15-5-3-13(4-6-15)18(25)16-17(14-2-1-7-22-12-14)23(20(27)19(16)26)8-10-28-11-9-24/h1-7,12,17,24-25H,8-11H2. The Morgan fingerprint density at radius 1 is 1.18 bits per heavy atom. The van der Waals surface area contributed by atoms with Crippen LogP contribution in [0.3, 0.4) is 0 Å². The maximum Gasteiger partial charge on any atom is 0.295 e. The molecule has 1 unspecified atom stereocenters. The van der Waals surface area contributed by atoms with E-state index in [0.717, 1.165) is 0 Å². The molecule has 146 valence electrons. The van der Waals surface area contributed by atoms with E-state index in [1.54, 1.807) is 48.8 Å². The van der Waals surface area contributed by atoms with Crippen molar-refractivity contribution in [2.24, 2.45) is 0 Å². The number of rotatable bonds is 7. The van der Waals surface area contributed by atoms with Crippen molar-refractivity contribution in [3.05, 3.63) is 70.5 Å². The highest BCUT2D eigenvalue weighted by molar-refractivity contribution is 6.46. The summed E-state index contributed by atoms with van der Waals surface area (Å²) in [4.78, 5) is 30.8. The summed E-state index contributed by atoms with van der Waals surface area (Å²) in [6.45, 7) is 0.264. The van der Waals surface area contributed by atoms with E-state index in [1.165, 1.54) is 4.90 Å². The number of nitrogens with zero attached hydrogens (tertiary/aromatic N) is 2. The Morgan fingerprint density at radius 3 is 2.57 bits per heavy atom. The number of carbonyl (C=O) groups is 2. The number of likely N-dealkylation sites (tertiary alicyclic amines) is 1. The summed E-state index contributed by atoms with van der Waals surface area (Å²) in [5.74, 6) is -1.77. The first-order valence-corrected chi connectivity index (χ1v) is 9.05. The Hall–Kier alpha value is -2.74. The molecule has 0 saturated carbocycles. The van der Waals surface area contributed by atoms with Crippen LogP contribution < -0.4 is 0 Å². The maximum atomic E-state index is 12.7. The molecule has 28 heavy (non-hydrogen) atoms. The number of ether oxygens (including phenoxy) is 1. The van der Waals surface area contributed by atoms with Crippen LogP contribution in [-0.2, 0) is 14.3 Å². The van der Waals surface area contributed by atoms with Gasteiger partial charge >= 0.3 is 0 Å². The average Bonchev–Trinajstić information content (AvgIpc) is 2.97. The molecule has 1 aromatic carbocycles. The third-order valence-electron chi connectivity index (χ3n) is 4.37. The molecule has 1 saturated heterocycles. The quantitative estimate of drug-likeness (QED) is 0.318. The number of aromatic nitrogens is 1. The molecule has 1 fully saturated rings. The van der Waals surface area contributed by atoms with E-state index in [1.807, 2.05) is 0 Å². The van der Waals surface area contributed by atoms with Crippen LogP contribution in [0.15, 0.2) is 54.4 Å². The number of benzene rings is 1. The lowest BCUT2D eigenvalue weighted by Gasteiger charge is -2.24. The fourth-order valence-electron chi connectivity index (χ4n) is 3.09. The summed E-state index contributed by atoms with van der Waals surface area (Å²) < 4.78 is 5.24. The molecule has 1 atom stereocenters. The number of hydrogen-bond acceptors (Lipinski definition) is 6. The van der Waals surface area contributed by atoms with Crippen molar-refractivity contribution in [3.63, 3.8) is 0 Å². The van der Waals surface area contributed by atoms with Crippen LogP contribution in [0.1, 0.15) is 17.2 Å². The highest BCUT2D eigenvalue weighted by Crippen LogP contribution is 2.38. The predicted octanol–water partition coefficient (Wildman–Crippen LogP) is 2.17. The van der Waals surface area contributed by atoms with Gasteiger partial charge in [0.2, 0.25) is 0 Å². The van der Waals surface area contributed by atoms with E-state index in [2.05, 4.69) is 4.98 Å². The molecule has 1 amide bonds. The maximum absolute atomic E-state index is 12.7. The number of carbonyl (C=O) groups excluding carboxylic acids is 2. The number of aliphatic hydroxyl groups is 2. The van der Waals surface area contributed by atoms with Gasteiger partial charge < -0.3 is 19.8 Å². The van der Waals surface area contributed by atoms with Crippen molar-refractivity contribution in [2.45, 2.75) is 6.04 Å². The first-order chi connectivity index (χ1) is 13.5. The number of halogens is 1. The molecule has 0 aliphatic carbocycles. The lowest BCUT2D eigenvalue weighted by atomic mass is 9.96. The Labute approximate surface area is 166 Å². The number of amides is 1. The fraction of sp³-hybridized carbons (Fsp3) is 0.250. The van der Waals surface area contributed by atoms with Crippen molar-refractivity contribution < 1.29 is 24.5 Å². The normalized spacial score (nSPS) is 18.6.